The third-order valence-electron chi connectivity index (χ3n) is 2.95. The molecule has 0 bridgehead atoms. The molecule has 1 aliphatic rings. The van der Waals surface area contributed by atoms with Gasteiger partial charge in [0.2, 0.25) is 0 Å². The van der Waals surface area contributed by atoms with E-state index in [1.54, 1.807) is 0 Å². The maximum Gasteiger partial charge on any atom is 0.319 e. The SMILES string of the molecule is COC(=O)CNC1CC(C)(C)NC(C)(C)C1. The number of ether oxygens (including phenoxy) is 1. The van der Waals surface area contributed by atoms with Crippen LogP contribution in [0.4, 0.5) is 0 Å². The zero-order chi connectivity index (χ0) is 12.4. The summed E-state index contributed by atoms with van der Waals surface area (Å²) >= 11 is 0. The first-order valence-electron chi connectivity index (χ1n) is 5.84. The predicted molar refractivity (Wildman–Crippen MR) is 64.3 cm³/mol. The van der Waals surface area contributed by atoms with Crippen molar-refractivity contribution in [3.05, 3.63) is 0 Å². The second-order valence-electron chi connectivity index (χ2n) is 5.95. The van der Waals surface area contributed by atoms with Crippen molar-refractivity contribution in [2.24, 2.45) is 0 Å². The third kappa shape index (κ3) is 4.10. The first kappa shape index (κ1) is 13.5. The molecule has 0 aromatic heterocycles. The zero-order valence-electron chi connectivity index (χ0n) is 11.0. The molecule has 1 rings (SSSR count). The zero-order valence-corrected chi connectivity index (χ0v) is 11.0. The molecule has 4 heteroatoms. The fraction of sp³-hybridized carbons (Fsp3) is 0.917. The van der Waals surface area contributed by atoms with E-state index in [1.165, 1.54) is 7.11 Å². The summed E-state index contributed by atoms with van der Waals surface area (Å²) in [6.45, 7) is 9.08. The number of nitrogens with one attached hydrogen (secondary N) is 2. The van der Waals surface area contributed by atoms with Crippen molar-refractivity contribution in [2.45, 2.75) is 57.7 Å². The highest BCUT2D eigenvalue weighted by molar-refractivity contribution is 5.71. The Morgan fingerprint density at radius 3 is 2.25 bits per heavy atom. The Morgan fingerprint density at radius 2 is 1.81 bits per heavy atom. The monoisotopic (exact) mass is 228 g/mol. The van der Waals surface area contributed by atoms with Crippen LogP contribution in [0.3, 0.4) is 0 Å². The molecule has 0 aliphatic carbocycles. The molecular formula is C12H24N2O2. The Hall–Kier alpha value is -0.610. The van der Waals surface area contributed by atoms with Gasteiger partial charge in [-0.1, -0.05) is 0 Å². The summed E-state index contributed by atoms with van der Waals surface area (Å²) in [6, 6.07) is 0.366. The molecule has 4 nitrogen and oxygen atoms in total. The molecular weight excluding hydrogens is 204 g/mol. The summed E-state index contributed by atoms with van der Waals surface area (Å²) in [5, 5.41) is 6.88. The molecule has 0 unspecified atom stereocenters. The molecule has 2 N–H and O–H groups in total. The summed E-state index contributed by atoms with van der Waals surface area (Å²) in [5.74, 6) is -0.200. The lowest BCUT2D eigenvalue weighted by Crippen LogP contribution is -2.62. The van der Waals surface area contributed by atoms with Gasteiger partial charge in [0.25, 0.3) is 0 Å². The minimum atomic E-state index is -0.200. The molecule has 1 fully saturated rings. The number of carbonyl (C=O) groups excluding carboxylic acids is 1. The summed E-state index contributed by atoms with van der Waals surface area (Å²) in [7, 11) is 1.42. The normalized spacial score (nSPS) is 24.1. The van der Waals surface area contributed by atoms with Crippen molar-refractivity contribution < 1.29 is 9.53 Å². The van der Waals surface area contributed by atoms with E-state index in [0.717, 1.165) is 12.8 Å². The number of piperidine rings is 1. The molecule has 1 saturated heterocycles. The van der Waals surface area contributed by atoms with Crippen LogP contribution >= 0.6 is 0 Å². The number of carbonyl (C=O) groups is 1. The van der Waals surface area contributed by atoms with Crippen LogP contribution in [0.25, 0.3) is 0 Å². The van der Waals surface area contributed by atoms with Gasteiger partial charge in [0.1, 0.15) is 0 Å². The van der Waals surface area contributed by atoms with Gasteiger partial charge in [-0.3, -0.25) is 4.79 Å². The van der Waals surface area contributed by atoms with E-state index in [1.807, 2.05) is 0 Å². The average Bonchev–Trinajstić information content (AvgIpc) is 2.09. The van der Waals surface area contributed by atoms with Crippen molar-refractivity contribution in [2.75, 3.05) is 13.7 Å². The molecule has 1 heterocycles. The molecule has 0 radical (unpaired) electrons. The van der Waals surface area contributed by atoms with Crippen molar-refractivity contribution in [1.29, 1.82) is 0 Å². The van der Waals surface area contributed by atoms with E-state index in [2.05, 4.69) is 43.1 Å². The van der Waals surface area contributed by atoms with Crippen LogP contribution in [0.5, 0.6) is 0 Å². The van der Waals surface area contributed by atoms with Crippen molar-refractivity contribution in [1.82, 2.24) is 10.6 Å². The summed E-state index contributed by atoms with van der Waals surface area (Å²) in [4.78, 5) is 11.1. The number of rotatable bonds is 3. The summed E-state index contributed by atoms with van der Waals surface area (Å²) < 4.78 is 4.63. The highest BCUT2D eigenvalue weighted by atomic mass is 16.5. The van der Waals surface area contributed by atoms with Gasteiger partial charge in [-0.05, 0) is 40.5 Å². The molecule has 0 aromatic carbocycles. The van der Waals surface area contributed by atoms with Crippen LogP contribution in [-0.2, 0) is 9.53 Å². The Kier molecular flexibility index (Phi) is 3.97. The van der Waals surface area contributed by atoms with Crippen LogP contribution in [0, 0.1) is 0 Å². The van der Waals surface area contributed by atoms with Crippen molar-refractivity contribution in [3.8, 4) is 0 Å². The highest BCUT2D eigenvalue weighted by Gasteiger charge is 2.37. The van der Waals surface area contributed by atoms with E-state index in [0.29, 0.717) is 12.6 Å². The van der Waals surface area contributed by atoms with Crippen molar-refractivity contribution in [3.63, 3.8) is 0 Å². The van der Waals surface area contributed by atoms with Gasteiger partial charge < -0.3 is 15.4 Å². The van der Waals surface area contributed by atoms with E-state index < -0.39 is 0 Å². The molecule has 0 atom stereocenters. The number of esters is 1. The number of methoxy groups -OCH3 is 1. The van der Waals surface area contributed by atoms with Crippen LogP contribution in [0.2, 0.25) is 0 Å². The van der Waals surface area contributed by atoms with Gasteiger partial charge in [-0.15, -0.1) is 0 Å². The van der Waals surface area contributed by atoms with E-state index in [4.69, 9.17) is 0 Å². The molecule has 0 aromatic rings. The number of hydrogen-bond donors (Lipinski definition) is 2. The lowest BCUT2D eigenvalue weighted by molar-refractivity contribution is -0.139. The Balaban J connectivity index is 2.51. The van der Waals surface area contributed by atoms with Gasteiger partial charge in [-0.25, -0.2) is 0 Å². The largest absolute Gasteiger partial charge is 0.468 e. The molecule has 0 spiro atoms. The average molecular weight is 228 g/mol. The highest BCUT2D eigenvalue weighted by Crippen LogP contribution is 2.28. The van der Waals surface area contributed by atoms with Crippen LogP contribution in [0.1, 0.15) is 40.5 Å². The fourth-order valence-corrected chi connectivity index (χ4v) is 2.77. The standard InChI is InChI=1S/C12H24N2O2/c1-11(2)6-9(7-12(3,4)14-11)13-8-10(15)16-5/h9,13-14H,6-8H2,1-5H3. The Bertz CT molecular complexity index is 246. The summed E-state index contributed by atoms with van der Waals surface area (Å²) in [5.41, 5.74) is 0.213. The maximum atomic E-state index is 11.1. The van der Waals surface area contributed by atoms with Crippen LogP contribution in [-0.4, -0.2) is 36.7 Å². The van der Waals surface area contributed by atoms with Crippen molar-refractivity contribution >= 4 is 5.97 Å². The van der Waals surface area contributed by atoms with Gasteiger partial charge in [-0.2, -0.15) is 0 Å². The topological polar surface area (TPSA) is 50.4 Å². The lowest BCUT2D eigenvalue weighted by atomic mass is 9.79. The summed E-state index contributed by atoms with van der Waals surface area (Å²) in [6.07, 6.45) is 2.04. The van der Waals surface area contributed by atoms with E-state index in [9.17, 15) is 4.79 Å². The Morgan fingerprint density at radius 1 is 1.31 bits per heavy atom. The fourth-order valence-electron chi connectivity index (χ4n) is 2.77. The molecule has 94 valence electrons. The lowest BCUT2D eigenvalue weighted by Gasteiger charge is -2.46. The van der Waals surface area contributed by atoms with Gasteiger partial charge in [0.15, 0.2) is 0 Å². The first-order valence-corrected chi connectivity index (χ1v) is 5.84. The number of hydrogen-bond acceptors (Lipinski definition) is 4. The predicted octanol–water partition coefficient (Wildman–Crippen LogP) is 1.06. The molecule has 1 aliphatic heterocycles. The van der Waals surface area contributed by atoms with E-state index >= 15 is 0 Å². The first-order chi connectivity index (χ1) is 7.24. The molecule has 0 saturated carbocycles. The molecule has 16 heavy (non-hydrogen) atoms. The van der Waals surface area contributed by atoms with E-state index in [-0.39, 0.29) is 17.0 Å². The Labute approximate surface area is 98.1 Å². The molecule has 0 amide bonds. The van der Waals surface area contributed by atoms with Gasteiger partial charge in [0, 0.05) is 17.1 Å². The van der Waals surface area contributed by atoms with Crippen LogP contribution in [0.15, 0.2) is 0 Å². The second-order valence-corrected chi connectivity index (χ2v) is 5.95. The minimum Gasteiger partial charge on any atom is -0.468 e. The van der Waals surface area contributed by atoms with Gasteiger partial charge in [0.05, 0.1) is 13.7 Å². The van der Waals surface area contributed by atoms with Gasteiger partial charge >= 0.3 is 5.97 Å². The quantitative estimate of drug-likeness (QED) is 0.709. The minimum absolute atomic E-state index is 0.107. The third-order valence-corrected chi connectivity index (χ3v) is 2.95. The second kappa shape index (κ2) is 4.72. The van der Waals surface area contributed by atoms with Crippen LogP contribution < -0.4 is 10.6 Å². The maximum absolute atomic E-state index is 11.1. The smallest absolute Gasteiger partial charge is 0.319 e.